The van der Waals surface area contributed by atoms with Crippen LogP contribution in [0.25, 0.3) is 40.0 Å². The highest BCUT2D eigenvalue weighted by atomic mass is 19.1. The Balaban J connectivity index is 0.795. The molecule has 0 bridgehead atoms. The molecule has 14 aromatic rings. The van der Waals surface area contributed by atoms with Gasteiger partial charge in [0.2, 0.25) is 0 Å². The summed E-state index contributed by atoms with van der Waals surface area (Å²) in [6.45, 7) is 26.3. The molecule has 0 saturated carbocycles. The van der Waals surface area contributed by atoms with Crippen molar-refractivity contribution in [2.45, 2.75) is 93.3 Å². The maximum atomic E-state index is 17.5. The fraction of sp³-hybridized carbons (Fsp3) is 0.143. The van der Waals surface area contributed by atoms with Crippen molar-refractivity contribution in [3.63, 3.8) is 0 Å². The summed E-state index contributed by atoms with van der Waals surface area (Å²) in [5, 5.41) is 0. The number of allylic oxidation sites excluding steroid dienone is 1. The van der Waals surface area contributed by atoms with Crippen LogP contribution in [0.15, 0.2) is 335 Å². The zero-order valence-corrected chi connectivity index (χ0v) is 62.4. The van der Waals surface area contributed by atoms with Crippen molar-refractivity contribution in [1.29, 1.82) is 0 Å². The van der Waals surface area contributed by atoms with E-state index in [9.17, 15) is 0 Å². The first-order valence-electron chi connectivity index (χ1n) is 38.0. The summed E-state index contributed by atoms with van der Waals surface area (Å²) < 4.78 is 46.1. The Morgan fingerprint density at radius 1 is 0.349 bits per heavy atom. The van der Waals surface area contributed by atoms with Crippen LogP contribution in [-0.4, -0.2) is 0 Å². The molecule has 109 heavy (non-hydrogen) atoms. The maximum absolute atomic E-state index is 17.5. The largest absolute Gasteiger partial charge is 0.457 e. The molecule has 4 heteroatoms. The lowest BCUT2D eigenvalue weighted by Crippen LogP contribution is -2.30. The van der Waals surface area contributed by atoms with Crippen LogP contribution in [0.4, 0.5) is 8.78 Å². The SMILES string of the molecule is C=Cc1ccc(Oc2ccc(C3(c4ccccc4C)c4ccccc4-c4ccc([C@@H](c5ccc(F)cc5)c5ccc6c(c5)C5(CC(C)(C)c7ccc(C(c8ccc(C(=C)C)cc8)c8ccc9c(c8)C(c8ccc(Oc%10ccc(C=C)cc%10)cc8)(c8ccccc8F)c8ccccc8-9)cc75)CC6(C)C)cc43)cc2)cc1. The summed E-state index contributed by atoms with van der Waals surface area (Å²) in [5.41, 5.74) is 27.6. The molecule has 0 fully saturated rings. The van der Waals surface area contributed by atoms with E-state index in [1.165, 1.54) is 61.2 Å². The van der Waals surface area contributed by atoms with Crippen molar-refractivity contribution in [2.24, 2.45) is 0 Å². The van der Waals surface area contributed by atoms with Crippen molar-refractivity contribution < 1.29 is 18.3 Å². The first-order valence-corrected chi connectivity index (χ1v) is 38.0. The second-order valence-electron chi connectivity index (χ2n) is 31.9. The van der Waals surface area contributed by atoms with Crippen LogP contribution in [0, 0.1) is 18.6 Å². The molecule has 5 atom stereocenters. The van der Waals surface area contributed by atoms with Crippen molar-refractivity contribution in [3.8, 4) is 45.3 Å². The lowest BCUT2D eigenvalue weighted by molar-refractivity contribution is 0.349. The third-order valence-corrected chi connectivity index (χ3v) is 24.6. The molecule has 0 aromatic heterocycles. The summed E-state index contributed by atoms with van der Waals surface area (Å²) in [6.07, 6.45) is 5.48. The molecule has 0 saturated heterocycles. The summed E-state index contributed by atoms with van der Waals surface area (Å²) in [6, 6.07) is 112. The molecule has 0 amide bonds. The van der Waals surface area contributed by atoms with Gasteiger partial charge in [0.1, 0.15) is 34.6 Å². The molecule has 18 rings (SSSR count). The summed E-state index contributed by atoms with van der Waals surface area (Å²) in [5.74, 6) is 1.79. The van der Waals surface area contributed by atoms with Gasteiger partial charge in [-0.05, 0) is 243 Å². The highest BCUT2D eigenvalue weighted by Gasteiger charge is 2.57. The van der Waals surface area contributed by atoms with Gasteiger partial charge in [-0.25, -0.2) is 8.78 Å². The zero-order valence-electron chi connectivity index (χ0n) is 62.4. The lowest BCUT2D eigenvalue weighted by atomic mass is 9.66. The standard InChI is InChI=1S/C105H84F2O2/c1-10-68-28-48-80(49-29-68)108-82-52-42-77(43-53-82)104(88-23-15-12-20-67(88)5)89-24-16-13-21-84(89)86-56-38-73(60-94(86)104)100(72-36-46-79(106)47-37-72)76-41-59-92-97(63-76)103(65-102(92,8)9)64-101(6,7)91-58-40-75(62-96(91)103)99(71-34-32-70(33-35-71)66(3)4)74-39-57-87-85-22-14-17-25-90(85)105(95(87)61-74,93-26-18-19-27-98(93)107)78-44-54-83(55-45-78)109-81-50-30-69(11-2)31-51-81/h10-63,99-100H,1-3,64-65H2,4-9H3/t99?,100-,103?,104?,105?/m1/s1. The molecular weight excluding hydrogens is 1330 g/mol. The number of hydrogen-bond acceptors (Lipinski definition) is 2. The molecule has 4 aliphatic carbocycles. The number of benzene rings is 14. The van der Waals surface area contributed by atoms with Gasteiger partial charge in [0.15, 0.2) is 0 Å². The van der Waals surface area contributed by atoms with Crippen LogP contribution in [0.1, 0.15) is 182 Å². The number of hydrogen-bond donors (Lipinski definition) is 0. The van der Waals surface area contributed by atoms with Crippen LogP contribution in [-0.2, 0) is 27.1 Å². The topological polar surface area (TPSA) is 18.5 Å². The molecule has 2 nitrogen and oxygen atoms in total. The number of halogens is 2. The third-order valence-electron chi connectivity index (χ3n) is 24.6. The molecule has 530 valence electrons. The molecule has 0 heterocycles. The van der Waals surface area contributed by atoms with Crippen LogP contribution < -0.4 is 9.47 Å². The van der Waals surface area contributed by atoms with E-state index < -0.39 is 16.2 Å². The second-order valence-corrected chi connectivity index (χ2v) is 31.9. The predicted molar refractivity (Wildman–Crippen MR) is 444 cm³/mol. The van der Waals surface area contributed by atoms with Crippen LogP contribution in [0.2, 0.25) is 0 Å². The minimum absolute atomic E-state index is 0.207. The molecule has 0 radical (unpaired) electrons. The molecule has 4 aliphatic rings. The van der Waals surface area contributed by atoms with Gasteiger partial charge >= 0.3 is 0 Å². The maximum Gasteiger partial charge on any atom is 0.127 e. The number of rotatable bonds is 17. The average Bonchev–Trinajstić information content (AvgIpc) is 1.54. The van der Waals surface area contributed by atoms with Gasteiger partial charge in [-0.2, -0.15) is 0 Å². The van der Waals surface area contributed by atoms with Crippen molar-refractivity contribution in [3.05, 3.63) is 469 Å². The Kier molecular flexibility index (Phi) is 16.6. The van der Waals surface area contributed by atoms with Crippen molar-refractivity contribution >= 4 is 17.7 Å². The Bertz CT molecular complexity index is 5960. The van der Waals surface area contributed by atoms with E-state index in [4.69, 9.17) is 9.47 Å². The van der Waals surface area contributed by atoms with E-state index >= 15 is 8.78 Å². The van der Waals surface area contributed by atoms with Crippen LogP contribution >= 0.6 is 0 Å². The van der Waals surface area contributed by atoms with Gasteiger partial charge in [0.25, 0.3) is 0 Å². The monoisotopic (exact) mass is 1410 g/mol. The Labute approximate surface area is 639 Å². The third kappa shape index (κ3) is 11.1. The first-order chi connectivity index (χ1) is 52.9. The van der Waals surface area contributed by atoms with Gasteiger partial charge < -0.3 is 9.47 Å². The Morgan fingerprint density at radius 3 is 1.12 bits per heavy atom. The summed E-state index contributed by atoms with van der Waals surface area (Å²) in [7, 11) is 0. The highest BCUT2D eigenvalue weighted by Crippen LogP contribution is 2.65. The highest BCUT2D eigenvalue weighted by molar-refractivity contribution is 5.89. The van der Waals surface area contributed by atoms with Gasteiger partial charge in [0.05, 0.1) is 10.8 Å². The van der Waals surface area contributed by atoms with E-state index in [1.807, 2.05) is 97.1 Å². The minimum Gasteiger partial charge on any atom is -0.457 e. The van der Waals surface area contributed by atoms with Gasteiger partial charge in [-0.3, -0.25) is 0 Å². The van der Waals surface area contributed by atoms with Crippen LogP contribution in [0.5, 0.6) is 23.0 Å². The normalized spacial score (nSPS) is 18.3. The lowest BCUT2D eigenvalue weighted by Gasteiger charge is -2.36. The van der Waals surface area contributed by atoms with Crippen molar-refractivity contribution in [2.75, 3.05) is 0 Å². The molecule has 0 aliphatic heterocycles. The first kappa shape index (κ1) is 68.6. The number of ether oxygens (including phenoxy) is 2. The van der Waals surface area contributed by atoms with E-state index in [0.717, 1.165) is 108 Å². The summed E-state index contributed by atoms with van der Waals surface area (Å²) in [4.78, 5) is 0. The van der Waals surface area contributed by atoms with Crippen LogP contribution in [0.3, 0.4) is 0 Å². The molecule has 0 N–H and O–H groups in total. The zero-order chi connectivity index (χ0) is 74.7. The fourth-order valence-electron chi connectivity index (χ4n) is 19.9. The number of fused-ring (bicyclic) bond motifs is 10. The quantitative estimate of drug-likeness (QED) is 0.0846. The number of aryl methyl sites for hydroxylation is 1. The van der Waals surface area contributed by atoms with E-state index in [2.05, 4.69) is 268 Å². The average molecular weight is 1420 g/mol. The van der Waals surface area contributed by atoms with Crippen molar-refractivity contribution in [1.82, 2.24) is 0 Å². The smallest absolute Gasteiger partial charge is 0.127 e. The minimum atomic E-state index is -1.06. The van der Waals surface area contributed by atoms with E-state index in [-0.39, 0.29) is 34.3 Å². The van der Waals surface area contributed by atoms with E-state index in [1.54, 1.807) is 24.3 Å². The Hall–Kier alpha value is -12.2. The fourth-order valence-corrected chi connectivity index (χ4v) is 19.9. The molecule has 14 aromatic carbocycles. The van der Waals surface area contributed by atoms with E-state index in [0.29, 0.717) is 17.1 Å². The van der Waals surface area contributed by atoms with Gasteiger partial charge in [0, 0.05) is 22.8 Å². The predicted octanol–water partition coefficient (Wildman–Crippen LogP) is 26.9. The second kappa shape index (κ2) is 26.3. The molecule has 4 unspecified atom stereocenters. The molecular formula is C105H84F2O2. The summed E-state index contributed by atoms with van der Waals surface area (Å²) >= 11 is 0. The van der Waals surface area contributed by atoms with Gasteiger partial charge in [-0.15, -0.1) is 0 Å². The van der Waals surface area contributed by atoms with Gasteiger partial charge in [-0.1, -0.05) is 314 Å². The Morgan fingerprint density at radius 2 is 0.697 bits per heavy atom. The molecule has 1 spiro atoms.